The molecule has 0 aliphatic rings. The molecular formula is C6H10O. The van der Waals surface area contributed by atoms with Gasteiger partial charge in [-0.15, -0.1) is 6.58 Å². The largest absolute Gasteiger partial charge is 0.303 e. The van der Waals surface area contributed by atoms with Crippen LogP contribution in [0.4, 0.5) is 0 Å². The molecule has 0 heterocycles. The van der Waals surface area contributed by atoms with Gasteiger partial charge in [-0.25, -0.2) is 0 Å². The molecule has 40 valence electrons. The van der Waals surface area contributed by atoms with E-state index in [4.69, 9.17) is 0 Å². The molecule has 0 saturated heterocycles. The molecule has 0 aromatic rings. The lowest BCUT2D eigenvalue weighted by Gasteiger charge is -1.91. The van der Waals surface area contributed by atoms with Gasteiger partial charge in [-0.3, -0.25) is 0 Å². The van der Waals surface area contributed by atoms with Crippen molar-refractivity contribution in [2.45, 2.75) is 13.3 Å². The maximum atomic E-state index is 9.85. The average Bonchev–Trinajstić information content (AvgIpc) is 1.68. The molecule has 0 aliphatic carbocycles. The second kappa shape index (κ2) is 3.59. The summed E-state index contributed by atoms with van der Waals surface area (Å²) >= 11 is 0. The average molecular weight is 98.1 g/mol. The van der Waals surface area contributed by atoms with Gasteiger partial charge in [0, 0.05) is 5.92 Å². The minimum Gasteiger partial charge on any atom is -0.303 e. The Morgan fingerprint density at radius 2 is 2.43 bits per heavy atom. The van der Waals surface area contributed by atoms with Crippen molar-refractivity contribution < 1.29 is 4.79 Å². The quantitative estimate of drug-likeness (QED) is 0.385. The normalized spacial score (nSPS) is 12.7. The molecule has 1 nitrogen and oxygen atoms in total. The van der Waals surface area contributed by atoms with Crippen molar-refractivity contribution >= 4 is 6.29 Å². The van der Waals surface area contributed by atoms with Gasteiger partial charge in [0.25, 0.3) is 0 Å². The number of hydrogen-bond donors (Lipinski definition) is 0. The summed E-state index contributed by atoms with van der Waals surface area (Å²) in [5.74, 6) is 0.150. The number of carbonyl (C=O) groups is 1. The predicted molar refractivity (Wildman–Crippen MR) is 30.0 cm³/mol. The Kier molecular flexibility index (Phi) is 3.29. The van der Waals surface area contributed by atoms with Gasteiger partial charge in [-0.2, -0.15) is 0 Å². The highest BCUT2D eigenvalue weighted by Gasteiger charge is 1.91. The molecule has 0 rings (SSSR count). The van der Waals surface area contributed by atoms with Gasteiger partial charge in [-0.05, 0) is 6.42 Å². The Hall–Kier alpha value is -0.590. The Balaban J connectivity index is 3.15. The fourth-order valence-corrected chi connectivity index (χ4v) is 0.318. The van der Waals surface area contributed by atoms with Crippen LogP contribution >= 0.6 is 0 Å². The number of allylic oxidation sites excluding steroid dienone is 1. The molecule has 7 heavy (non-hydrogen) atoms. The number of hydrogen-bond acceptors (Lipinski definition) is 1. The second-order valence-electron chi connectivity index (χ2n) is 1.64. The lowest BCUT2D eigenvalue weighted by atomic mass is 10.1. The van der Waals surface area contributed by atoms with E-state index in [1.54, 1.807) is 6.08 Å². The number of carbonyl (C=O) groups excluding carboxylic acids is 1. The first-order valence-corrected chi connectivity index (χ1v) is 2.37. The highest BCUT2D eigenvalue weighted by atomic mass is 16.1. The second-order valence-corrected chi connectivity index (χ2v) is 1.64. The van der Waals surface area contributed by atoms with E-state index >= 15 is 0 Å². The van der Waals surface area contributed by atoms with Crippen LogP contribution in [0, 0.1) is 5.92 Å². The molecule has 0 radical (unpaired) electrons. The van der Waals surface area contributed by atoms with E-state index in [0.29, 0.717) is 0 Å². The summed E-state index contributed by atoms with van der Waals surface area (Å²) in [7, 11) is 0. The molecule has 0 N–H and O–H groups in total. The zero-order valence-electron chi connectivity index (χ0n) is 4.55. The third-order valence-electron chi connectivity index (χ3n) is 0.771. The summed E-state index contributed by atoms with van der Waals surface area (Å²) in [6.07, 6.45) is 3.48. The van der Waals surface area contributed by atoms with Crippen molar-refractivity contribution in [3.8, 4) is 0 Å². The maximum Gasteiger partial charge on any atom is 0.123 e. The minimum atomic E-state index is 0.150. The van der Waals surface area contributed by atoms with Crippen LogP contribution in [0.3, 0.4) is 0 Å². The molecule has 0 saturated carbocycles. The van der Waals surface area contributed by atoms with E-state index in [1.165, 1.54) is 0 Å². The van der Waals surface area contributed by atoms with Crippen LogP contribution in [-0.4, -0.2) is 6.29 Å². The summed E-state index contributed by atoms with van der Waals surface area (Å²) < 4.78 is 0. The first-order chi connectivity index (χ1) is 3.31. The Bertz CT molecular complexity index is 66.6. The predicted octanol–water partition coefficient (Wildman–Crippen LogP) is 1.40. The van der Waals surface area contributed by atoms with Gasteiger partial charge in [0.15, 0.2) is 0 Å². The van der Waals surface area contributed by atoms with E-state index in [0.717, 1.165) is 12.7 Å². The highest BCUT2D eigenvalue weighted by molar-refractivity contribution is 5.52. The van der Waals surface area contributed by atoms with Crippen molar-refractivity contribution in [3.05, 3.63) is 12.7 Å². The van der Waals surface area contributed by atoms with E-state index in [-0.39, 0.29) is 5.92 Å². The van der Waals surface area contributed by atoms with Gasteiger partial charge >= 0.3 is 0 Å². The summed E-state index contributed by atoms with van der Waals surface area (Å²) in [6.45, 7) is 5.36. The van der Waals surface area contributed by atoms with Crippen LogP contribution in [0.1, 0.15) is 13.3 Å². The van der Waals surface area contributed by atoms with Crippen LogP contribution in [0.15, 0.2) is 12.7 Å². The number of rotatable bonds is 3. The Morgan fingerprint density at radius 1 is 1.86 bits per heavy atom. The Labute approximate surface area is 44.0 Å². The third kappa shape index (κ3) is 3.23. The summed E-state index contributed by atoms with van der Waals surface area (Å²) in [5, 5.41) is 0. The van der Waals surface area contributed by atoms with Gasteiger partial charge in [0.1, 0.15) is 6.29 Å². The summed E-state index contributed by atoms with van der Waals surface area (Å²) in [5.41, 5.74) is 0. The summed E-state index contributed by atoms with van der Waals surface area (Å²) in [6, 6.07) is 0. The molecule has 0 spiro atoms. The molecule has 0 unspecified atom stereocenters. The fraction of sp³-hybridized carbons (Fsp3) is 0.500. The molecule has 1 atom stereocenters. The monoisotopic (exact) mass is 98.1 g/mol. The van der Waals surface area contributed by atoms with E-state index in [9.17, 15) is 4.79 Å². The number of aldehydes is 1. The van der Waals surface area contributed by atoms with Crippen LogP contribution < -0.4 is 0 Å². The first kappa shape index (κ1) is 6.41. The SMILES string of the molecule is C=CC[C@@H](C)C=O. The van der Waals surface area contributed by atoms with Gasteiger partial charge < -0.3 is 4.79 Å². The van der Waals surface area contributed by atoms with Crippen LogP contribution in [-0.2, 0) is 4.79 Å². The molecule has 0 fully saturated rings. The van der Waals surface area contributed by atoms with Crippen LogP contribution in [0.5, 0.6) is 0 Å². The van der Waals surface area contributed by atoms with Gasteiger partial charge in [-0.1, -0.05) is 13.0 Å². The van der Waals surface area contributed by atoms with E-state index in [2.05, 4.69) is 6.58 Å². The first-order valence-electron chi connectivity index (χ1n) is 2.37. The van der Waals surface area contributed by atoms with E-state index in [1.807, 2.05) is 6.92 Å². The fourth-order valence-electron chi connectivity index (χ4n) is 0.318. The zero-order chi connectivity index (χ0) is 5.70. The van der Waals surface area contributed by atoms with Crippen molar-refractivity contribution in [3.63, 3.8) is 0 Å². The van der Waals surface area contributed by atoms with Crippen molar-refractivity contribution in [1.29, 1.82) is 0 Å². The molecule has 0 aromatic carbocycles. The highest BCUT2D eigenvalue weighted by Crippen LogP contribution is 1.94. The molecule has 1 heteroatoms. The molecular weight excluding hydrogens is 88.1 g/mol. The maximum absolute atomic E-state index is 9.85. The van der Waals surface area contributed by atoms with Crippen molar-refractivity contribution in [2.24, 2.45) is 5.92 Å². The minimum absolute atomic E-state index is 0.150. The lowest BCUT2D eigenvalue weighted by molar-refractivity contribution is -0.110. The van der Waals surface area contributed by atoms with Crippen LogP contribution in [0.2, 0.25) is 0 Å². The molecule has 0 bridgehead atoms. The molecule has 0 aliphatic heterocycles. The van der Waals surface area contributed by atoms with Gasteiger partial charge in [0.2, 0.25) is 0 Å². The third-order valence-corrected chi connectivity index (χ3v) is 0.771. The topological polar surface area (TPSA) is 17.1 Å². The molecule has 0 amide bonds. The standard InChI is InChI=1S/C6H10O/c1-3-4-6(2)5-7/h3,5-6H,1,4H2,2H3/t6-/m1/s1. The van der Waals surface area contributed by atoms with Crippen LogP contribution in [0.25, 0.3) is 0 Å². The van der Waals surface area contributed by atoms with E-state index < -0.39 is 0 Å². The zero-order valence-corrected chi connectivity index (χ0v) is 4.55. The van der Waals surface area contributed by atoms with Gasteiger partial charge in [0.05, 0.1) is 0 Å². The molecule has 0 aromatic heterocycles. The van der Waals surface area contributed by atoms with Crippen molar-refractivity contribution in [2.75, 3.05) is 0 Å². The van der Waals surface area contributed by atoms with Crippen molar-refractivity contribution in [1.82, 2.24) is 0 Å². The smallest absolute Gasteiger partial charge is 0.123 e. The summed E-state index contributed by atoms with van der Waals surface area (Å²) in [4.78, 5) is 9.85. The lowest BCUT2D eigenvalue weighted by Crippen LogP contribution is -1.90. The Morgan fingerprint density at radius 3 is 2.57 bits per heavy atom.